The van der Waals surface area contributed by atoms with Crippen LogP contribution in [-0.2, 0) is 0 Å². The van der Waals surface area contributed by atoms with Crippen LogP contribution < -0.4 is 5.32 Å². The number of thioether (sulfide) groups is 1. The van der Waals surface area contributed by atoms with Crippen LogP contribution in [0.5, 0.6) is 0 Å². The Hall–Kier alpha value is -0.810. The monoisotopic (exact) mass is 255 g/mol. The molecule has 0 aliphatic heterocycles. The van der Waals surface area contributed by atoms with Gasteiger partial charge in [0.1, 0.15) is 17.2 Å². The molecular weight excluding hydrogens is 234 g/mol. The van der Waals surface area contributed by atoms with Gasteiger partial charge in [0.25, 0.3) is 0 Å². The lowest BCUT2D eigenvalue weighted by atomic mass is 9.89. The number of rotatable bonds is 5. The molecule has 0 radical (unpaired) electrons. The summed E-state index contributed by atoms with van der Waals surface area (Å²) in [5.74, 6) is 0.761. The molecule has 0 saturated carbocycles. The molecule has 0 aliphatic carbocycles. The molecule has 1 aromatic heterocycles. The van der Waals surface area contributed by atoms with Crippen molar-refractivity contribution in [1.82, 2.24) is 9.97 Å². The highest BCUT2D eigenvalue weighted by Gasteiger charge is 2.16. The Morgan fingerprint density at radius 1 is 1.41 bits per heavy atom. The Balaban J connectivity index is 2.44. The van der Waals surface area contributed by atoms with Gasteiger partial charge in [0.05, 0.1) is 6.10 Å². The van der Waals surface area contributed by atoms with Crippen LogP contribution >= 0.6 is 11.8 Å². The van der Waals surface area contributed by atoms with Crippen molar-refractivity contribution in [2.75, 3.05) is 18.1 Å². The van der Waals surface area contributed by atoms with Crippen molar-refractivity contribution < 1.29 is 5.11 Å². The molecular formula is C12H21N3OS. The zero-order valence-corrected chi connectivity index (χ0v) is 11.7. The highest BCUT2D eigenvalue weighted by atomic mass is 32.2. The van der Waals surface area contributed by atoms with E-state index in [1.165, 1.54) is 6.33 Å². The van der Waals surface area contributed by atoms with Crippen LogP contribution in [0.4, 0.5) is 5.82 Å². The fourth-order valence-corrected chi connectivity index (χ4v) is 1.93. The number of anilines is 1. The van der Waals surface area contributed by atoms with E-state index < -0.39 is 0 Å². The largest absolute Gasteiger partial charge is 0.391 e. The molecule has 1 heterocycles. The number of nitrogens with zero attached hydrogens (tertiary/aromatic N) is 2. The summed E-state index contributed by atoms with van der Waals surface area (Å²) in [6.07, 6.45) is 3.91. The molecule has 2 N–H and O–H groups in total. The van der Waals surface area contributed by atoms with E-state index in [0.29, 0.717) is 6.54 Å². The molecule has 1 rings (SSSR count). The molecule has 0 spiro atoms. The number of hydrogen-bond acceptors (Lipinski definition) is 5. The van der Waals surface area contributed by atoms with E-state index in [1.807, 2.05) is 12.3 Å². The Bertz CT molecular complexity index is 352. The van der Waals surface area contributed by atoms with E-state index in [0.717, 1.165) is 17.3 Å². The van der Waals surface area contributed by atoms with Crippen LogP contribution in [0.3, 0.4) is 0 Å². The number of nitrogens with one attached hydrogen (secondary N) is 1. The third-order valence-corrected chi connectivity index (χ3v) is 2.86. The average molecular weight is 255 g/mol. The fraction of sp³-hybridized carbons (Fsp3) is 0.667. The van der Waals surface area contributed by atoms with Crippen molar-refractivity contribution in [3.8, 4) is 0 Å². The fourth-order valence-electron chi connectivity index (χ4n) is 1.55. The summed E-state index contributed by atoms with van der Waals surface area (Å²) in [4.78, 5) is 8.20. The average Bonchev–Trinajstić information content (AvgIpc) is 2.24. The highest BCUT2D eigenvalue weighted by molar-refractivity contribution is 7.98. The third kappa shape index (κ3) is 5.89. The zero-order chi connectivity index (χ0) is 12.9. The van der Waals surface area contributed by atoms with E-state index in [9.17, 15) is 5.11 Å². The zero-order valence-electron chi connectivity index (χ0n) is 10.9. The molecule has 1 atom stereocenters. The van der Waals surface area contributed by atoms with Crippen LogP contribution in [0.2, 0.25) is 0 Å². The van der Waals surface area contributed by atoms with Crippen LogP contribution in [0, 0.1) is 5.41 Å². The minimum absolute atomic E-state index is 0.136. The minimum Gasteiger partial charge on any atom is -0.391 e. The lowest BCUT2D eigenvalue weighted by Crippen LogP contribution is -2.25. The van der Waals surface area contributed by atoms with Crippen molar-refractivity contribution in [1.29, 1.82) is 0 Å². The Labute approximate surface area is 107 Å². The highest BCUT2D eigenvalue weighted by Crippen LogP contribution is 2.21. The number of hydrogen-bond donors (Lipinski definition) is 2. The predicted molar refractivity (Wildman–Crippen MR) is 72.4 cm³/mol. The van der Waals surface area contributed by atoms with Gasteiger partial charge in [-0.1, -0.05) is 20.8 Å². The molecule has 1 aromatic rings. The van der Waals surface area contributed by atoms with Gasteiger partial charge >= 0.3 is 0 Å². The molecule has 5 heteroatoms. The standard InChI is InChI=1S/C12H21N3OS/c1-12(2,3)6-9(16)7-13-10-5-11(17-4)15-8-14-10/h5,8-9,16H,6-7H2,1-4H3,(H,13,14,15). The van der Waals surface area contributed by atoms with Gasteiger partial charge in [-0.2, -0.15) is 0 Å². The van der Waals surface area contributed by atoms with Gasteiger partial charge < -0.3 is 10.4 Å². The Morgan fingerprint density at radius 2 is 2.12 bits per heavy atom. The maximum atomic E-state index is 9.86. The maximum absolute atomic E-state index is 9.86. The van der Waals surface area contributed by atoms with E-state index >= 15 is 0 Å². The predicted octanol–water partition coefficient (Wildman–Crippen LogP) is 2.41. The van der Waals surface area contributed by atoms with Crippen LogP contribution in [-0.4, -0.2) is 34.0 Å². The smallest absolute Gasteiger partial charge is 0.130 e. The summed E-state index contributed by atoms with van der Waals surface area (Å²) in [7, 11) is 0. The summed E-state index contributed by atoms with van der Waals surface area (Å²) in [6, 6.07) is 1.88. The first kappa shape index (κ1) is 14.3. The molecule has 1 unspecified atom stereocenters. The topological polar surface area (TPSA) is 58.0 Å². The molecule has 0 amide bonds. The third-order valence-electron chi connectivity index (χ3n) is 2.22. The number of aliphatic hydroxyl groups excluding tert-OH is 1. The maximum Gasteiger partial charge on any atom is 0.130 e. The van der Waals surface area contributed by atoms with Crippen molar-refractivity contribution in [3.63, 3.8) is 0 Å². The first-order valence-corrected chi connectivity index (χ1v) is 6.91. The normalized spacial score (nSPS) is 13.5. The summed E-state index contributed by atoms with van der Waals surface area (Å²) in [6.45, 7) is 6.87. The second-order valence-electron chi connectivity index (χ2n) is 5.25. The lowest BCUT2D eigenvalue weighted by molar-refractivity contribution is 0.132. The lowest BCUT2D eigenvalue weighted by Gasteiger charge is -2.22. The molecule has 4 nitrogen and oxygen atoms in total. The first-order valence-electron chi connectivity index (χ1n) is 5.69. The van der Waals surface area contributed by atoms with E-state index in [4.69, 9.17) is 0 Å². The number of aromatic nitrogens is 2. The van der Waals surface area contributed by atoms with Gasteiger partial charge in [-0.3, -0.25) is 0 Å². The van der Waals surface area contributed by atoms with Crippen molar-refractivity contribution in [2.45, 2.75) is 38.3 Å². The second-order valence-corrected chi connectivity index (χ2v) is 6.07. The SMILES string of the molecule is CSc1cc(NCC(O)CC(C)(C)C)ncn1. The van der Waals surface area contributed by atoms with Gasteiger partial charge in [-0.15, -0.1) is 11.8 Å². The van der Waals surface area contributed by atoms with E-state index in [-0.39, 0.29) is 11.5 Å². The molecule has 0 aromatic carbocycles. The molecule has 0 saturated heterocycles. The molecule has 0 aliphatic rings. The molecule has 96 valence electrons. The van der Waals surface area contributed by atoms with Gasteiger partial charge in [-0.25, -0.2) is 9.97 Å². The number of aliphatic hydroxyl groups is 1. The van der Waals surface area contributed by atoms with Crippen LogP contribution in [0.25, 0.3) is 0 Å². The van der Waals surface area contributed by atoms with Gasteiger partial charge in [-0.05, 0) is 18.1 Å². The van der Waals surface area contributed by atoms with Gasteiger partial charge in [0.2, 0.25) is 0 Å². The summed E-state index contributed by atoms with van der Waals surface area (Å²) in [5.41, 5.74) is 0.136. The quantitative estimate of drug-likeness (QED) is 0.625. The van der Waals surface area contributed by atoms with E-state index in [1.54, 1.807) is 11.8 Å². The second kappa shape index (κ2) is 6.21. The van der Waals surface area contributed by atoms with Crippen molar-refractivity contribution in [3.05, 3.63) is 12.4 Å². The molecule has 0 bridgehead atoms. The summed E-state index contributed by atoms with van der Waals surface area (Å²) in [5, 5.41) is 13.9. The molecule has 17 heavy (non-hydrogen) atoms. The summed E-state index contributed by atoms with van der Waals surface area (Å²) >= 11 is 1.57. The van der Waals surface area contributed by atoms with Gasteiger partial charge in [0, 0.05) is 12.6 Å². The van der Waals surface area contributed by atoms with Crippen molar-refractivity contribution >= 4 is 17.6 Å². The van der Waals surface area contributed by atoms with Crippen molar-refractivity contribution in [2.24, 2.45) is 5.41 Å². The van der Waals surface area contributed by atoms with Gasteiger partial charge in [0.15, 0.2) is 0 Å². The van der Waals surface area contributed by atoms with Crippen LogP contribution in [0.15, 0.2) is 17.4 Å². The first-order chi connectivity index (χ1) is 7.90. The van der Waals surface area contributed by atoms with Crippen LogP contribution in [0.1, 0.15) is 27.2 Å². The molecule has 0 fully saturated rings. The summed E-state index contributed by atoms with van der Waals surface area (Å²) < 4.78 is 0. The Kier molecular flexibility index (Phi) is 5.21. The van der Waals surface area contributed by atoms with E-state index in [2.05, 4.69) is 36.1 Å². The minimum atomic E-state index is -0.359. The Morgan fingerprint density at radius 3 is 2.71 bits per heavy atom.